The molecule has 0 bridgehead atoms. The average Bonchev–Trinajstić information content (AvgIpc) is 2.91. The van der Waals surface area contributed by atoms with E-state index in [1.54, 1.807) is 23.8 Å². The number of unbranched alkanes of at least 4 members (excludes halogenated alkanes) is 1. The van der Waals surface area contributed by atoms with E-state index in [1.165, 1.54) is 16.0 Å². The lowest BCUT2D eigenvalue weighted by atomic mass is 10.1. The van der Waals surface area contributed by atoms with Gasteiger partial charge in [-0.05, 0) is 37.0 Å². The Hall–Kier alpha value is -2.39. The molecular weight excluding hydrogens is 308 g/mol. The topological polar surface area (TPSA) is 70.8 Å². The third kappa shape index (κ3) is 3.51. The van der Waals surface area contributed by atoms with Crippen LogP contribution in [0.4, 0.5) is 5.69 Å². The molecule has 23 heavy (non-hydrogen) atoms. The number of aromatic nitrogens is 2. The fourth-order valence-electron chi connectivity index (χ4n) is 2.50. The van der Waals surface area contributed by atoms with E-state index in [9.17, 15) is 0 Å². The fraction of sp³-hybridized carbons (Fsp3) is 0.353. The van der Waals surface area contributed by atoms with Crippen LogP contribution in [0.25, 0.3) is 10.2 Å². The predicted molar refractivity (Wildman–Crippen MR) is 92.4 cm³/mol. The average molecular weight is 326 g/mol. The Balaban J connectivity index is 1.80. The van der Waals surface area contributed by atoms with Crippen LogP contribution >= 0.6 is 11.3 Å². The number of hydrogen-bond acceptors (Lipinski definition) is 6. The summed E-state index contributed by atoms with van der Waals surface area (Å²) in [5.41, 5.74) is 4.34. The van der Waals surface area contributed by atoms with Crippen molar-refractivity contribution in [3.8, 4) is 6.07 Å². The molecule has 3 rings (SSSR count). The van der Waals surface area contributed by atoms with Gasteiger partial charge < -0.3 is 10.1 Å². The molecule has 0 saturated heterocycles. The van der Waals surface area contributed by atoms with Crippen LogP contribution in [0.2, 0.25) is 0 Å². The molecule has 0 aromatic carbocycles. The van der Waals surface area contributed by atoms with E-state index in [2.05, 4.69) is 34.6 Å². The van der Waals surface area contributed by atoms with Gasteiger partial charge in [-0.25, -0.2) is 0 Å². The summed E-state index contributed by atoms with van der Waals surface area (Å²) >= 11 is 1.75. The maximum atomic E-state index is 8.69. The number of nitriles is 1. The largest absolute Gasteiger partial charge is 0.497 e. The number of ether oxygens (including phenoxy) is 1. The monoisotopic (exact) mass is 326 g/mol. The summed E-state index contributed by atoms with van der Waals surface area (Å²) < 4.78 is 6.43. The lowest BCUT2D eigenvalue weighted by Crippen LogP contribution is -2.10. The smallest absolute Gasteiger partial charge is 0.110 e. The second kappa shape index (κ2) is 7.25. The molecule has 118 valence electrons. The highest BCUT2D eigenvalue weighted by Crippen LogP contribution is 2.34. The molecule has 0 amide bonds. The van der Waals surface area contributed by atoms with Gasteiger partial charge in [0, 0.05) is 17.8 Å². The number of rotatable bonds is 6. The van der Waals surface area contributed by atoms with E-state index < -0.39 is 0 Å². The highest BCUT2D eigenvalue weighted by atomic mass is 32.1. The zero-order valence-electron chi connectivity index (χ0n) is 13.0. The molecule has 0 atom stereocenters. The van der Waals surface area contributed by atoms with Gasteiger partial charge in [0.2, 0.25) is 0 Å². The minimum absolute atomic E-state index is 0.589. The number of nitrogens with zero attached hydrogens (tertiary/aromatic N) is 3. The van der Waals surface area contributed by atoms with Crippen molar-refractivity contribution in [2.45, 2.75) is 26.2 Å². The van der Waals surface area contributed by atoms with Gasteiger partial charge in [0.1, 0.15) is 12.1 Å². The van der Waals surface area contributed by atoms with Crippen molar-refractivity contribution in [2.24, 2.45) is 0 Å². The molecule has 0 unspecified atom stereocenters. The van der Waals surface area contributed by atoms with Gasteiger partial charge in [-0.3, -0.25) is 0 Å². The molecule has 6 heteroatoms. The molecule has 2 aromatic rings. The Bertz CT molecular complexity index is 801. The van der Waals surface area contributed by atoms with Crippen LogP contribution in [0.3, 0.4) is 0 Å². The van der Waals surface area contributed by atoms with E-state index in [4.69, 9.17) is 10.00 Å². The van der Waals surface area contributed by atoms with E-state index in [0.717, 1.165) is 35.3 Å². The second-order valence-electron chi connectivity index (χ2n) is 5.42. The van der Waals surface area contributed by atoms with Crippen molar-refractivity contribution in [1.82, 2.24) is 10.2 Å². The number of fused-ring (bicyclic) bond motifs is 1. The first-order valence-corrected chi connectivity index (χ1v) is 8.42. The molecule has 1 aliphatic rings. The summed E-state index contributed by atoms with van der Waals surface area (Å²) in [7, 11) is 0. The Morgan fingerprint density at radius 2 is 2.39 bits per heavy atom. The molecular formula is C17H18N4OS. The second-order valence-corrected chi connectivity index (χ2v) is 6.52. The van der Waals surface area contributed by atoms with Gasteiger partial charge in [0.15, 0.2) is 0 Å². The van der Waals surface area contributed by atoms with Crippen molar-refractivity contribution < 1.29 is 4.74 Å². The molecule has 0 aliphatic carbocycles. The summed E-state index contributed by atoms with van der Waals surface area (Å²) in [6.07, 6.45) is 9.84. The number of allylic oxidation sites excluding steroid dienone is 2. The molecule has 1 aliphatic heterocycles. The van der Waals surface area contributed by atoms with Crippen LogP contribution < -0.4 is 5.32 Å². The summed E-state index contributed by atoms with van der Waals surface area (Å²) in [5, 5.41) is 20.5. The van der Waals surface area contributed by atoms with Crippen LogP contribution in [0.1, 0.15) is 23.3 Å². The number of aryl methyl sites for hydroxylation is 2. The molecule has 5 nitrogen and oxygen atoms in total. The van der Waals surface area contributed by atoms with Crippen molar-refractivity contribution in [2.75, 3.05) is 18.5 Å². The van der Waals surface area contributed by atoms with Crippen molar-refractivity contribution in [3.05, 3.63) is 40.6 Å². The lowest BCUT2D eigenvalue weighted by Gasteiger charge is -2.12. The zero-order valence-corrected chi connectivity index (χ0v) is 13.8. The molecule has 0 fully saturated rings. The predicted octanol–water partition coefficient (Wildman–Crippen LogP) is 3.73. The van der Waals surface area contributed by atoms with Crippen LogP contribution in [0.5, 0.6) is 0 Å². The van der Waals surface area contributed by atoms with Crippen molar-refractivity contribution >= 4 is 27.2 Å². The standard InChI is InChI=1S/C17H18N4OS/c1-12-15(6-2-3-7-18)23-17-14(10-20-21-16(12)17)19-9-13-5-4-8-22-11-13/h4-5,8,10H,2-3,6,9,11H2,1H3,(H,19,21). The van der Waals surface area contributed by atoms with Gasteiger partial charge in [-0.15, -0.1) is 16.4 Å². The lowest BCUT2D eigenvalue weighted by molar-refractivity contribution is 0.275. The number of anilines is 1. The van der Waals surface area contributed by atoms with E-state index >= 15 is 0 Å². The molecule has 0 radical (unpaired) electrons. The summed E-state index contributed by atoms with van der Waals surface area (Å²) in [6.45, 7) is 3.43. The summed E-state index contributed by atoms with van der Waals surface area (Å²) in [6, 6.07) is 2.20. The molecule has 2 aromatic heterocycles. The summed E-state index contributed by atoms with van der Waals surface area (Å²) in [4.78, 5) is 1.29. The third-order valence-electron chi connectivity index (χ3n) is 3.78. The van der Waals surface area contributed by atoms with Gasteiger partial charge in [0.05, 0.1) is 28.9 Å². The maximum absolute atomic E-state index is 8.69. The Labute approximate surface area is 139 Å². The maximum Gasteiger partial charge on any atom is 0.110 e. The minimum atomic E-state index is 0.589. The molecule has 1 N–H and O–H groups in total. The molecule has 0 saturated carbocycles. The molecule has 3 heterocycles. The Morgan fingerprint density at radius 3 is 3.17 bits per heavy atom. The van der Waals surface area contributed by atoms with Crippen LogP contribution in [-0.2, 0) is 11.2 Å². The van der Waals surface area contributed by atoms with Gasteiger partial charge >= 0.3 is 0 Å². The first kappa shape index (κ1) is 15.5. The third-order valence-corrected chi connectivity index (χ3v) is 5.15. The quantitative estimate of drug-likeness (QED) is 0.819. The van der Waals surface area contributed by atoms with Crippen LogP contribution in [0, 0.1) is 18.3 Å². The molecule has 0 spiro atoms. The van der Waals surface area contributed by atoms with Crippen LogP contribution in [-0.4, -0.2) is 23.3 Å². The SMILES string of the molecule is Cc1c(CCCC#N)sc2c(NCC3=CC=COC3)cnnc12. The van der Waals surface area contributed by atoms with E-state index in [-0.39, 0.29) is 0 Å². The number of nitrogens with one attached hydrogen (secondary N) is 1. The van der Waals surface area contributed by atoms with E-state index in [0.29, 0.717) is 13.0 Å². The Morgan fingerprint density at radius 1 is 1.48 bits per heavy atom. The zero-order chi connectivity index (χ0) is 16.1. The fourth-order valence-corrected chi connectivity index (χ4v) is 3.77. The van der Waals surface area contributed by atoms with E-state index in [1.807, 2.05) is 6.08 Å². The normalized spacial score (nSPS) is 13.5. The van der Waals surface area contributed by atoms with Gasteiger partial charge in [-0.1, -0.05) is 6.08 Å². The Kier molecular flexibility index (Phi) is 4.89. The highest BCUT2D eigenvalue weighted by molar-refractivity contribution is 7.19. The minimum Gasteiger partial charge on any atom is -0.497 e. The van der Waals surface area contributed by atoms with Crippen molar-refractivity contribution in [3.63, 3.8) is 0 Å². The highest BCUT2D eigenvalue weighted by Gasteiger charge is 2.13. The van der Waals surface area contributed by atoms with Gasteiger partial charge in [-0.2, -0.15) is 10.4 Å². The first-order valence-electron chi connectivity index (χ1n) is 7.60. The summed E-state index contributed by atoms with van der Waals surface area (Å²) in [5.74, 6) is 0. The van der Waals surface area contributed by atoms with Crippen molar-refractivity contribution in [1.29, 1.82) is 5.26 Å². The van der Waals surface area contributed by atoms with Gasteiger partial charge in [0.25, 0.3) is 0 Å². The number of hydrogen-bond donors (Lipinski definition) is 1. The van der Waals surface area contributed by atoms with Crippen LogP contribution in [0.15, 0.2) is 30.2 Å². The number of thiophene rings is 1. The first-order chi connectivity index (χ1) is 11.3.